The van der Waals surface area contributed by atoms with Crippen molar-refractivity contribution in [3.8, 4) is 0 Å². The molecule has 4 heteroatoms. The number of benzene rings is 1. The fourth-order valence-corrected chi connectivity index (χ4v) is 0.963. The lowest BCUT2D eigenvalue weighted by molar-refractivity contribution is 0.0957. The Labute approximate surface area is 74.6 Å². The minimum absolute atomic E-state index is 0.0532. The van der Waals surface area contributed by atoms with Crippen LogP contribution in [-0.2, 0) is 0 Å². The third-order valence-corrected chi connectivity index (χ3v) is 1.61. The van der Waals surface area contributed by atoms with E-state index in [1.807, 2.05) is 0 Å². The van der Waals surface area contributed by atoms with Crippen LogP contribution in [0, 0.1) is 5.82 Å². The zero-order valence-corrected chi connectivity index (χ0v) is 7.00. The first-order valence-electron chi connectivity index (χ1n) is 3.66. The Balaban J connectivity index is 3.23. The van der Waals surface area contributed by atoms with Crippen LogP contribution >= 0.6 is 0 Å². The molecule has 0 bridgehead atoms. The van der Waals surface area contributed by atoms with Crippen LogP contribution in [-0.4, -0.2) is 19.2 Å². The maximum Gasteiger partial charge on any atom is 0.251 e. The van der Waals surface area contributed by atoms with Gasteiger partial charge in [0.2, 0.25) is 0 Å². The number of carbonyl (C=O) groups is 2. The molecule has 1 rings (SSSR count). The lowest BCUT2D eigenvalue weighted by Crippen LogP contribution is -2.19. The molecule has 3 nitrogen and oxygen atoms in total. The first kappa shape index (κ1) is 9.38. The number of aldehydes is 1. The maximum atomic E-state index is 12.7. The normalized spacial score (nSPS) is 9.38. The van der Waals surface area contributed by atoms with E-state index in [-0.39, 0.29) is 11.1 Å². The van der Waals surface area contributed by atoms with E-state index >= 15 is 0 Å². The predicted molar refractivity (Wildman–Crippen MR) is 45.2 cm³/mol. The Morgan fingerprint density at radius 1 is 1.54 bits per heavy atom. The molecule has 1 N–H and O–H groups in total. The average molecular weight is 181 g/mol. The van der Waals surface area contributed by atoms with Crippen molar-refractivity contribution in [2.75, 3.05) is 7.05 Å². The molecule has 0 atom stereocenters. The van der Waals surface area contributed by atoms with Crippen LogP contribution in [0.2, 0.25) is 0 Å². The summed E-state index contributed by atoms with van der Waals surface area (Å²) in [6, 6.07) is 3.44. The van der Waals surface area contributed by atoms with Crippen LogP contribution in [0.1, 0.15) is 20.7 Å². The molecule has 0 spiro atoms. The minimum atomic E-state index is -0.538. The highest BCUT2D eigenvalue weighted by atomic mass is 19.1. The summed E-state index contributed by atoms with van der Waals surface area (Å²) in [4.78, 5) is 21.6. The summed E-state index contributed by atoms with van der Waals surface area (Å²) in [5.74, 6) is -1.01. The van der Waals surface area contributed by atoms with Crippen molar-refractivity contribution < 1.29 is 14.0 Å². The molecule has 0 heterocycles. The SMILES string of the molecule is CNC(=O)c1cc(F)ccc1C=O. The van der Waals surface area contributed by atoms with Crippen molar-refractivity contribution in [1.29, 1.82) is 0 Å². The Hall–Kier alpha value is -1.71. The fourth-order valence-electron chi connectivity index (χ4n) is 0.963. The summed E-state index contributed by atoms with van der Waals surface area (Å²) in [5.41, 5.74) is 0.234. The van der Waals surface area contributed by atoms with E-state index in [0.29, 0.717) is 6.29 Å². The van der Waals surface area contributed by atoms with E-state index in [9.17, 15) is 14.0 Å². The highest BCUT2D eigenvalue weighted by Crippen LogP contribution is 2.08. The zero-order valence-electron chi connectivity index (χ0n) is 7.00. The molecule has 0 aromatic heterocycles. The summed E-state index contributed by atoms with van der Waals surface area (Å²) in [6.07, 6.45) is 0.518. The topological polar surface area (TPSA) is 46.2 Å². The number of hydrogen-bond donors (Lipinski definition) is 1. The van der Waals surface area contributed by atoms with E-state index in [1.165, 1.54) is 13.1 Å². The maximum absolute atomic E-state index is 12.7. The Morgan fingerprint density at radius 3 is 2.77 bits per heavy atom. The van der Waals surface area contributed by atoms with Crippen molar-refractivity contribution in [1.82, 2.24) is 5.32 Å². The lowest BCUT2D eigenvalue weighted by Gasteiger charge is -2.02. The van der Waals surface area contributed by atoms with Gasteiger partial charge in [0, 0.05) is 12.6 Å². The Bertz CT molecular complexity index is 349. The summed E-state index contributed by atoms with van der Waals surface area (Å²) in [6.45, 7) is 0. The highest BCUT2D eigenvalue weighted by molar-refractivity contribution is 6.01. The van der Waals surface area contributed by atoms with Gasteiger partial charge in [-0.05, 0) is 18.2 Å². The van der Waals surface area contributed by atoms with Gasteiger partial charge in [-0.3, -0.25) is 9.59 Å². The van der Waals surface area contributed by atoms with Gasteiger partial charge in [-0.15, -0.1) is 0 Å². The van der Waals surface area contributed by atoms with Gasteiger partial charge in [-0.1, -0.05) is 0 Å². The highest BCUT2D eigenvalue weighted by Gasteiger charge is 2.09. The second-order valence-electron chi connectivity index (χ2n) is 2.43. The number of halogens is 1. The predicted octanol–water partition coefficient (Wildman–Crippen LogP) is 0.998. The molecular weight excluding hydrogens is 173 g/mol. The van der Waals surface area contributed by atoms with Crippen molar-refractivity contribution in [3.63, 3.8) is 0 Å². The molecule has 0 saturated heterocycles. The van der Waals surface area contributed by atoms with Gasteiger partial charge in [0.1, 0.15) is 5.82 Å². The van der Waals surface area contributed by atoms with E-state index in [1.54, 1.807) is 0 Å². The summed E-state index contributed by atoms with van der Waals surface area (Å²) >= 11 is 0. The molecule has 0 radical (unpaired) electrons. The van der Waals surface area contributed by atoms with Crippen LogP contribution in [0.25, 0.3) is 0 Å². The van der Waals surface area contributed by atoms with E-state index in [0.717, 1.165) is 12.1 Å². The largest absolute Gasteiger partial charge is 0.355 e. The van der Waals surface area contributed by atoms with Crippen LogP contribution in [0.4, 0.5) is 4.39 Å². The van der Waals surface area contributed by atoms with Crippen molar-refractivity contribution >= 4 is 12.2 Å². The molecule has 0 aliphatic carbocycles. The molecule has 0 saturated carbocycles. The third-order valence-electron chi connectivity index (χ3n) is 1.61. The number of amides is 1. The standard InChI is InChI=1S/C9H8FNO2/c1-11-9(13)8-4-7(10)3-2-6(8)5-12/h2-5H,1H3,(H,11,13). The number of nitrogens with one attached hydrogen (secondary N) is 1. The number of hydrogen-bond acceptors (Lipinski definition) is 2. The first-order valence-corrected chi connectivity index (χ1v) is 3.66. The quantitative estimate of drug-likeness (QED) is 0.692. The molecule has 68 valence electrons. The van der Waals surface area contributed by atoms with Gasteiger partial charge in [0.05, 0.1) is 5.56 Å². The van der Waals surface area contributed by atoms with Crippen LogP contribution in [0.3, 0.4) is 0 Å². The molecule has 1 amide bonds. The number of carbonyl (C=O) groups excluding carboxylic acids is 2. The van der Waals surface area contributed by atoms with Gasteiger partial charge >= 0.3 is 0 Å². The molecule has 0 aliphatic rings. The third kappa shape index (κ3) is 1.90. The number of rotatable bonds is 2. The molecule has 13 heavy (non-hydrogen) atoms. The van der Waals surface area contributed by atoms with Gasteiger partial charge in [0.15, 0.2) is 6.29 Å². The van der Waals surface area contributed by atoms with E-state index in [2.05, 4.69) is 5.32 Å². The van der Waals surface area contributed by atoms with Crippen LogP contribution < -0.4 is 5.32 Å². The summed E-state index contributed by atoms with van der Waals surface area (Å²) in [7, 11) is 1.42. The van der Waals surface area contributed by atoms with Gasteiger partial charge in [-0.25, -0.2) is 4.39 Å². The van der Waals surface area contributed by atoms with Crippen molar-refractivity contribution in [3.05, 3.63) is 35.1 Å². The van der Waals surface area contributed by atoms with Gasteiger partial charge in [0.25, 0.3) is 5.91 Å². The molecule has 0 aliphatic heterocycles. The fraction of sp³-hybridized carbons (Fsp3) is 0.111. The molecular formula is C9H8FNO2. The Morgan fingerprint density at radius 2 is 2.23 bits per heavy atom. The van der Waals surface area contributed by atoms with Crippen LogP contribution in [0.15, 0.2) is 18.2 Å². The second kappa shape index (κ2) is 3.80. The molecule has 0 unspecified atom stereocenters. The summed E-state index contributed by atoms with van der Waals surface area (Å²) < 4.78 is 12.7. The molecule has 0 fully saturated rings. The first-order chi connectivity index (χ1) is 6.19. The van der Waals surface area contributed by atoms with E-state index in [4.69, 9.17) is 0 Å². The van der Waals surface area contributed by atoms with E-state index < -0.39 is 11.7 Å². The van der Waals surface area contributed by atoms with Crippen molar-refractivity contribution in [2.24, 2.45) is 0 Å². The van der Waals surface area contributed by atoms with Crippen molar-refractivity contribution in [2.45, 2.75) is 0 Å². The van der Waals surface area contributed by atoms with Crippen LogP contribution in [0.5, 0.6) is 0 Å². The summed E-state index contributed by atoms with van der Waals surface area (Å²) in [5, 5.41) is 2.32. The Kier molecular flexibility index (Phi) is 2.74. The molecule has 1 aromatic carbocycles. The monoisotopic (exact) mass is 181 g/mol. The molecule has 1 aromatic rings. The van der Waals surface area contributed by atoms with Gasteiger partial charge in [-0.2, -0.15) is 0 Å². The van der Waals surface area contributed by atoms with Gasteiger partial charge < -0.3 is 5.32 Å². The average Bonchev–Trinajstić information content (AvgIpc) is 2.16. The smallest absolute Gasteiger partial charge is 0.251 e. The second-order valence-corrected chi connectivity index (χ2v) is 2.43. The zero-order chi connectivity index (χ0) is 9.84. The minimum Gasteiger partial charge on any atom is -0.355 e. The lowest BCUT2D eigenvalue weighted by atomic mass is 10.1.